The number of hydrogen-bond acceptors (Lipinski definition) is 0. The zero-order valence-corrected chi connectivity index (χ0v) is 8.64. The Labute approximate surface area is 78.1 Å². The van der Waals surface area contributed by atoms with Crippen LogP contribution in [0.1, 0.15) is 0 Å². The Balaban J connectivity index is 0. The van der Waals surface area contributed by atoms with E-state index in [1.165, 1.54) is 0 Å². The van der Waals surface area contributed by atoms with Crippen molar-refractivity contribution in [3.05, 3.63) is 37.1 Å². The Kier molecular flexibility index (Phi) is 2570. The molecule has 0 unspecified atom stereocenters. The molecule has 1 heteroatoms. The largest absolute Gasteiger partial charge is 0.358 e. The fourth-order valence-electron chi connectivity index (χ4n) is 0. The van der Waals surface area contributed by atoms with Crippen LogP contribution in [0.4, 0.5) is 0 Å². The molecule has 0 N–H and O–H groups in total. The summed E-state index contributed by atoms with van der Waals surface area (Å²) >= 11 is 0. The molecule has 0 aliphatic rings. The average Bonchev–Trinajstić information content (AvgIpc) is 0. The van der Waals surface area contributed by atoms with Crippen molar-refractivity contribution in [1.29, 1.82) is 0 Å². The maximum atomic E-state index is 0. The van der Waals surface area contributed by atoms with Crippen molar-refractivity contribution >= 4 is 0 Å². The Morgan fingerprint density at radius 1 is 0.333 bits per heavy atom. The maximum absolute atomic E-state index is 0. The van der Waals surface area contributed by atoms with E-state index < -0.39 is 0 Å². The average molecular weight is 215 g/mol. The van der Waals surface area contributed by atoms with Crippen molar-refractivity contribution in [1.82, 2.24) is 0 Å². The van der Waals surface area contributed by atoms with Crippen molar-refractivity contribution in [2.75, 3.05) is 0 Å². The molecule has 0 nitrogen and oxygen atoms in total. The van der Waals surface area contributed by atoms with Gasteiger partial charge in [-0.3, -0.25) is 0 Å². The van der Waals surface area contributed by atoms with Gasteiger partial charge in [0.15, 0.2) is 0 Å². The van der Waals surface area contributed by atoms with Gasteiger partial charge in [-0.1, -0.05) is 0 Å². The molecule has 0 aromatic rings. The van der Waals surface area contributed by atoms with Crippen molar-refractivity contribution in [2.45, 2.75) is 0 Å². The molecule has 0 heterocycles. The summed E-state index contributed by atoms with van der Waals surface area (Å²) in [7, 11) is 0. The van der Waals surface area contributed by atoms with Crippen LogP contribution in [0.25, 0.3) is 0 Å². The van der Waals surface area contributed by atoms with Gasteiger partial charge in [0.25, 0.3) is 0 Å². The third-order valence-corrected chi connectivity index (χ3v) is 0. The quantitative estimate of drug-likeness (QED) is 0.544. The molecule has 44 valence electrons. The molecule has 0 aliphatic carbocycles. The van der Waals surface area contributed by atoms with Crippen LogP contribution >= 0.6 is 0 Å². The van der Waals surface area contributed by atoms with Gasteiger partial charge in [-0.15, -0.1) is 0 Å². The van der Waals surface area contributed by atoms with E-state index in [9.17, 15) is 0 Å². The molecule has 0 spiro atoms. The summed E-state index contributed by atoms with van der Waals surface area (Å²) in [5.74, 6) is 0. The fraction of sp³-hybridized carbons (Fsp3) is 0. The molecule has 0 saturated heterocycles. The van der Waals surface area contributed by atoms with E-state index in [-0.39, 0.29) is 78.9 Å². The predicted octanol–water partition coefficient (Wildman–Crippen LogP) is 2.25. The topological polar surface area (TPSA) is 0 Å². The molecular weight excluding hydrogens is 200 g/mol. The van der Waals surface area contributed by atoms with Crippen molar-refractivity contribution < 1.29 is 41.7 Å². The van der Waals surface area contributed by atoms with Crippen LogP contribution in [0.15, 0.2) is 0 Å². The van der Waals surface area contributed by atoms with Gasteiger partial charge in [-0.25, -0.2) is 0 Å². The fourth-order valence-corrected chi connectivity index (χ4v) is 0. The standard InChI is InChI=1S/5CH3.Ce/h5*1H3;/q5*-1;. The first kappa shape index (κ1) is 158. The Morgan fingerprint density at radius 2 is 0.333 bits per heavy atom. The van der Waals surface area contributed by atoms with E-state index in [0.717, 1.165) is 0 Å². The first-order chi connectivity index (χ1) is 0. The molecule has 0 aromatic carbocycles. The van der Waals surface area contributed by atoms with Gasteiger partial charge in [0.2, 0.25) is 0 Å². The summed E-state index contributed by atoms with van der Waals surface area (Å²) in [6.45, 7) is 0. The second-order valence-electron chi connectivity index (χ2n) is 0. The predicted molar refractivity (Wildman–Crippen MR) is 32.1 cm³/mol. The summed E-state index contributed by atoms with van der Waals surface area (Å²) < 4.78 is 0. The second kappa shape index (κ2) is 97.3. The molecule has 0 aliphatic heterocycles. The minimum absolute atomic E-state index is 0. The summed E-state index contributed by atoms with van der Waals surface area (Å²) in [6.07, 6.45) is 0. The Hall–Kier alpha value is 1.38. The summed E-state index contributed by atoms with van der Waals surface area (Å²) in [5.41, 5.74) is 0. The third kappa shape index (κ3) is 54.3. The molecule has 6 heavy (non-hydrogen) atoms. The Morgan fingerprint density at radius 3 is 0.333 bits per heavy atom. The first-order valence-corrected chi connectivity index (χ1v) is 0. The van der Waals surface area contributed by atoms with Gasteiger partial charge in [0.05, 0.1) is 0 Å². The zero-order valence-electron chi connectivity index (χ0n) is 5.50. The van der Waals surface area contributed by atoms with Crippen LogP contribution in [-0.4, -0.2) is 0 Å². The van der Waals surface area contributed by atoms with E-state index in [1.54, 1.807) is 0 Å². The van der Waals surface area contributed by atoms with E-state index in [0.29, 0.717) is 0 Å². The summed E-state index contributed by atoms with van der Waals surface area (Å²) in [6, 6.07) is 0. The van der Waals surface area contributed by atoms with E-state index >= 15 is 0 Å². The van der Waals surface area contributed by atoms with E-state index in [4.69, 9.17) is 0 Å². The molecule has 0 atom stereocenters. The monoisotopic (exact) mass is 215 g/mol. The normalized spacial score (nSPS) is 0. The van der Waals surface area contributed by atoms with Crippen LogP contribution in [0.5, 0.6) is 0 Å². The smallest absolute Gasteiger partial charge is 0 e. The molecule has 0 rings (SSSR count). The SMILES string of the molecule is [CH3-].[CH3-].[CH3-].[CH3-].[CH3-].[Ce]. The van der Waals surface area contributed by atoms with Crippen LogP contribution < -0.4 is 0 Å². The summed E-state index contributed by atoms with van der Waals surface area (Å²) in [5, 5.41) is 0. The van der Waals surface area contributed by atoms with Gasteiger partial charge in [0.1, 0.15) is 0 Å². The van der Waals surface area contributed by atoms with Crippen molar-refractivity contribution in [3.63, 3.8) is 0 Å². The van der Waals surface area contributed by atoms with Gasteiger partial charge in [0, 0.05) is 41.7 Å². The molecule has 0 fully saturated rings. The number of hydrogen-bond donors (Lipinski definition) is 0. The molecule has 0 saturated carbocycles. The van der Waals surface area contributed by atoms with Crippen LogP contribution in [0.2, 0.25) is 0 Å². The van der Waals surface area contributed by atoms with Crippen molar-refractivity contribution in [2.24, 2.45) is 0 Å². The molecular formula is C5H15Ce-5. The molecule has 0 radical (unpaired) electrons. The van der Waals surface area contributed by atoms with E-state index in [2.05, 4.69) is 0 Å². The van der Waals surface area contributed by atoms with Gasteiger partial charge < -0.3 is 37.1 Å². The first-order valence-electron chi connectivity index (χ1n) is 0. The second-order valence-corrected chi connectivity index (χ2v) is 0. The minimum Gasteiger partial charge on any atom is -0.358 e. The van der Waals surface area contributed by atoms with Crippen LogP contribution in [-0.2, 0) is 0 Å². The molecule has 0 amide bonds. The minimum atomic E-state index is 0. The molecule has 0 aromatic heterocycles. The van der Waals surface area contributed by atoms with Crippen LogP contribution in [0.3, 0.4) is 0 Å². The van der Waals surface area contributed by atoms with Crippen molar-refractivity contribution in [3.8, 4) is 0 Å². The Bertz CT molecular complexity index is 3.90. The van der Waals surface area contributed by atoms with Crippen LogP contribution in [0, 0.1) is 78.9 Å². The summed E-state index contributed by atoms with van der Waals surface area (Å²) in [4.78, 5) is 0. The third-order valence-electron chi connectivity index (χ3n) is 0. The zero-order chi connectivity index (χ0) is 0. The maximum Gasteiger partial charge on any atom is 0 e. The van der Waals surface area contributed by atoms with Gasteiger partial charge >= 0.3 is 0 Å². The molecule has 0 bridgehead atoms. The number of rotatable bonds is 0. The van der Waals surface area contributed by atoms with Gasteiger partial charge in [-0.05, 0) is 0 Å². The van der Waals surface area contributed by atoms with Gasteiger partial charge in [-0.2, -0.15) is 0 Å². The van der Waals surface area contributed by atoms with E-state index in [1.807, 2.05) is 0 Å².